The summed E-state index contributed by atoms with van der Waals surface area (Å²) in [5.74, 6) is 0.106. The van der Waals surface area contributed by atoms with Gasteiger partial charge in [0.25, 0.3) is 0 Å². The molecule has 1 aliphatic heterocycles. The Morgan fingerprint density at radius 3 is 2.54 bits per heavy atom. The molecule has 5 heteroatoms. The number of anilines is 1. The number of carbonyl (C=O) groups is 1. The van der Waals surface area contributed by atoms with Gasteiger partial charge in [0, 0.05) is 38.4 Å². The largest absolute Gasteiger partial charge is 0.325 e. The van der Waals surface area contributed by atoms with E-state index in [0.29, 0.717) is 0 Å². The van der Waals surface area contributed by atoms with Gasteiger partial charge in [-0.25, -0.2) is 0 Å². The summed E-state index contributed by atoms with van der Waals surface area (Å²) < 4.78 is 0. The van der Waals surface area contributed by atoms with E-state index >= 15 is 0 Å². The molecule has 0 saturated carbocycles. The molecule has 3 rings (SSSR count). The van der Waals surface area contributed by atoms with Crippen molar-refractivity contribution in [1.29, 1.82) is 0 Å². The van der Waals surface area contributed by atoms with Gasteiger partial charge in [-0.05, 0) is 40.9 Å². The molecule has 1 saturated heterocycles. The topological polar surface area (TPSA) is 35.6 Å². The van der Waals surface area contributed by atoms with E-state index in [1.807, 2.05) is 30.3 Å². The maximum Gasteiger partial charge on any atom is 0.241 e. The van der Waals surface area contributed by atoms with E-state index in [-0.39, 0.29) is 11.9 Å². The summed E-state index contributed by atoms with van der Waals surface area (Å²) in [6.45, 7) is 7.04. The molecule has 1 aromatic heterocycles. The highest BCUT2D eigenvalue weighted by molar-refractivity contribution is 7.07. The molecule has 0 aliphatic carbocycles. The highest BCUT2D eigenvalue weighted by atomic mass is 32.1. The zero-order chi connectivity index (χ0) is 16.8. The van der Waals surface area contributed by atoms with E-state index in [0.717, 1.165) is 44.8 Å². The van der Waals surface area contributed by atoms with Crippen LogP contribution in [0.2, 0.25) is 0 Å². The minimum absolute atomic E-state index is 0.0477. The van der Waals surface area contributed by atoms with E-state index in [4.69, 9.17) is 0 Å². The van der Waals surface area contributed by atoms with Gasteiger partial charge in [0.05, 0.1) is 6.04 Å². The third kappa shape index (κ3) is 4.44. The summed E-state index contributed by atoms with van der Waals surface area (Å²) in [4.78, 5) is 17.4. The predicted molar refractivity (Wildman–Crippen MR) is 100 cm³/mol. The van der Waals surface area contributed by atoms with E-state index in [1.165, 1.54) is 5.56 Å². The highest BCUT2D eigenvalue weighted by Gasteiger charge is 2.27. The number of nitrogens with zero attached hydrogens (tertiary/aromatic N) is 2. The van der Waals surface area contributed by atoms with Crippen molar-refractivity contribution in [3.8, 4) is 0 Å². The second-order valence-corrected chi connectivity index (χ2v) is 7.00. The fraction of sp³-hybridized carbons (Fsp3) is 0.421. The Morgan fingerprint density at radius 1 is 1.17 bits per heavy atom. The van der Waals surface area contributed by atoms with Crippen molar-refractivity contribution >= 4 is 22.9 Å². The van der Waals surface area contributed by atoms with Gasteiger partial charge in [0.1, 0.15) is 0 Å². The Balaban J connectivity index is 1.52. The molecule has 1 aromatic carbocycles. The van der Waals surface area contributed by atoms with E-state index < -0.39 is 0 Å². The first-order chi connectivity index (χ1) is 11.8. The normalized spacial score (nSPS) is 17.5. The van der Waals surface area contributed by atoms with Crippen molar-refractivity contribution < 1.29 is 4.79 Å². The fourth-order valence-corrected chi connectivity index (χ4v) is 3.89. The van der Waals surface area contributed by atoms with Crippen molar-refractivity contribution in [2.75, 3.05) is 31.5 Å². The number of hydrogen-bond acceptors (Lipinski definition) is 4. The van der Waals surface area contributed by atoms with Crippen LogP contribution in [0.5, 0.6) is 0 Å². The molecule has 1 amide bonds. The molecule has 2 heterocycles. The summed E-state index contributed by atoms with van der Waals surface area (Å²) in [6.07, 6.45) is 0.837. The van der Waals surface area contributed by atoms with Crippen LogP contribution < -0.4 is 5.32 Å². The van der Waals surface area contributed by atoms with Crippen molar-refractivity contribution in [3.05, 3.63) is 52.7 Å². The molecule has 1 unspecified atom stereocenters. The van der Waals surface area contributed by atoms with Crippen LogP contribution in [0.15, 0.2) is 47.2 Å². The molecular formula is C19H25N3OS. The molecule has 1 N–H and O–H groups in total. The van der Waals surface area contributed by atoms with Gasteiger partial charge in [-0.3, -0.25) is 14.6 Å². The molecule has 4 nitrogen and oxygen atoms in total. The first-order valence-corrected chi connectivity index (χ1v) is 9.54. The third-order valence-corrected chi connectivity index (χ3v) is 5.30. The van der Waals surface area contributed by atoms with Crippen LogP contribution in [0.1, 0.15) is 18.9 Å². The van der Waals surface area contributed by atoms with E-state index in [9.17, 15) is 4.79 Å². The SMILES string of the molecule is CCC(C(=O)Nc1ccccc1)N1CCN(Cc2ccsc2)CC1. The smallest absolute Gasteiger partial charge is 0.241 e. The number of hydrogen-bond donors (Lipinski definition) is 1. The highest BCUT2D eigenvalue weighted by Crippen LogP contribution is 2.15. The number of amides is 1. The molecule has 24 heavy (non-hydrogen) atoms. The lowest BCUT2D eigenvalue weighted by Crippen LogP contribution is -2.53. The molecule has 1 aliphatic rings. The van der Waals surface area contributed by atoms with Crippen LogP contribution >= 0.6 is 11.3 Å². The summed E-state index contributed by atoms with van der Waals surface area (Å²) in [5, 5.41) is 7.39. The van der Waals surface area contributed by atoms with Gasteiger partial charge in [0.2, 0.25) is 5.91 Å². The Hall–Kier alpha value is -1.69. The second-order valence-electron chi connectivity index (χ2n) is 6.22. The molecule has 0 radical (unpaired) electrons. The Labute approximate surface area is 148 Å². The maximum atomic E-state index is 12.6. The van der Waals surface area contributed by atoms with E-state index in [1.54, 1.807) is 11.3 Å². The number of benzene rings is 1. The molecule has 2 aromatic rings. The summed E-state index contributed by atoms with van der Waals surface area (Å²) in [5.41, 5.74) is 2.26. The van der Waals surface area contributed by atoms with Crippen LogP contribution in [0.25, 0.3) is 0 Å². The molecule has 1 atom stereocenters. The van der Waals surface area contributed by atoms with Gasteiger partial charge in [-0.15, -0.1) is 0 Å². The zero-order valence-corrected chi connectivity index (χ0v) is 15.0. The Bertz CT molecular complexity index is 621. The van der Waals surface area contributed by atoms with Crippen molar-refractivity contribution in [2.45, 2.75) is 25.9 Å². The lowest BCUT2D eigenvalue weighted by Gasteiger charge is -2.38. The summed E-state index contributed by atoms with van der Waals surface area (Å²) >= 11 is 1.75. The number of para-hydroxylation sites is 1. The van der Waals surface area contributed by atoms with Gasteiger partial charge < -0.3 is 5.32 Å². The summed E-state index contributed by atoms with van der Waals surface area (Å²) in [6, 6.07) is 11.9. The number of carbonyl (C=O) groups excluding carboxylic acids is 1. The van der Waals surface area contributed by atoms with Crippen LogP contribution in [0.4, 0.5) is 5.69 Å². The number of rotatable bonds is 6. The van der Waals surface area contributed by atoms with Gasteiger partial charge in [0.15, 0.2) is 0 Å². The quantitative estimate of drug-likeness (QED) is 0.874. The van der Waals surface area contributed by atoms with Gasteiger partial charge >= 0.3 is 0 Å². The van der Waals surface area contributed by atoms with Crippen molar-refractivity contribution in [1.82, 2.24) is 9.80 Å². The number of piperazine rings is 1. The Morgan fingerprint density at radius 2 is 1.92 bits per heavy atom. The minimum Gasteiger partial charge on any atom is -0.325 e. The van der Waals surface area contributed by atoms with E-state index in [2.05, 4.69) is 38.9 Å². The lowest BCUT2D eigenvalue weighted by atomic mass is 10.1. The van der Waals surface area contributed by atoms with Crippen LogP contribution in [0, 0.1) is 0 Å². The maximum absolute atomic E-state index is 12.6. The van der Waals surface area contributed by atoms with Crippen molar-refractivity contribution in [3.63, 3.8) is 0 Å². The van der Waals surface area contributed by atoms with Crippen LogP contribution in [-0.4, -0.2) is 47.9 Å². The molecule has 0 bridgehead atoms. The average molecular weight is 343 g/mol. The molecule has 128 valence electrons. The number of nitrogens with one attached hydrogen (secondary N) is 1. The minimum atomic E-state index is -0.0477. The number of thiophene rings is 1. The van der Waals surface area contributed by atoms with Gasteiger partial charge in [-0.2, -0.15) is 11.3 Å². The molecule has 1 fully saturated rings. The zero-order valence-electron chi connectivity index (χ0n) is 14.1. The summed E-state index contributed by atoms with van der Waals surface area (Å²) in [7, 11) is 0. The third-order valence-electron chi connectivity index (χ3n) is 4.56. The van der Waals surface area contributed by atoms with Crippen molar-refractivity contribution in [2.24, 2.45) is 0 Å². The first-order valence-electron chi connectivity index (χ1n) is 8.59. The predicted octanol–water partition coefficient (Wildman–Crippen LogP) is 3.28. The molecule has 0 spiro atoms. The monoisotopic (exact) mass is 343 g/mol. The first kappa shape index (κ1) is 17.1. The fourth-order valence-electron chi connectivity index (χ4n) is 3.23. The second kappa shape index (κ2) is 8.42. The standard InChI is InChI=1S/C19H25N3OS/c1-2-18(19(23)20-17-6-4-3-5-7-17)22-11-9-21(10-12-22)14-16-8-13-24-15-16/h3-8,13,15,18H,2,9-12,14H2,1H3,(H,20,23). The van der Waals surface area contributed by atoms with Gasteiger partial charge in [-0.1, -0.05) is 25.1 Å². The van der Waals surface area contributed by atoms with Crippen LogP contribution in [-0.2, 0) is 11.3 Å². The molecular weight excluding hydrogens is 318 g/mol. The van der Waals surface area contributed by atoms with Crippen LogP contribution in [0.3, 0.4) is 0 Å². The lowest BCUT2D eigenvalue weighted by molar-refractivity contribution is -0.122. The Kier molecular flexibility index (Phi) is 6.01. The average Bonchev–Trinajstić information content (AvgIpc) is 3.11.